The largest absolute Gasteiger partial charge is 0.344 e. The van der Waals surface area contributed by atoms with Crippen molar-refractivity contribution >= 4 is 5.91 Å². The summed E-state index contributed by atoms with van der Waals surface area (Å²) in [5.41, 5.74) is 5.60. The van der Waals surface area contributed by atoms with Crippen LogP contribution in [0.25, 0.3) is 0 Å². The van der Waals surface area contributed by atoms with E-state index in [4.69, 9.17) is 5.73 Å². The second kappa shape index (κ2) is 7.76. The van der Waals surface area contributed by atoms with Gasteiger partial charge in [-0.15, -0.1) is 0 Å². The minimum Gasteiger partial charge on any atom is -0.344 e. The van der Waals surface area contributed by atoms with Crippen LogP contribution in [0.2, 0.25) is 0 Å². The fourth-order valence-corrected chi connectivity index (χ4v) is 1.17. The molecule has 84 valence electrons. The lowest BCUT2D eigenvalue weighted by molar-refractivity contribution is -0.129. The van der Waals surface area contributed by atoms with E-state index in [1.54, 1.807) is 4.90 Å². The number of amides is 1. The van der Waals surface area contributed by atoms with E-state index in [1.807, 2.05) is 21.0 Å². The van der Waals surface area contributed by atoms with Crippen LogP contribution >= 0.6 is 0 Å². The number of likely N-dealkylation sites (N-methyl/N-ethyl adjacent to an activating group) is 2. The second-order valence-electron chi connectivity index (χ2n) is 3.79. The lowest BCUT2D eigenvalue weighted by Crippen LogP contribution is -2.32. The molecule has 1 atom stereocenters. The Balaban J connectivity index is 3.52. The first kappa shape index (κ1) is 13.4. The van der Waals surface area contributed by atoms with Gasteiger partial charge in [-0.2, -0.15) is 0 Å². The van der Waals surface area contributed by atoms with Crippen molar-refractivity contribution in [2.45, 2.75) is 32.2 Å². The molecule has 0 aliphatic carbocycles. The predicted octanol–water partition coefficient (Wildman–Crippen LogP) is 0.182. The number of carbonyl (C=O) groups is 1. The smallest absolute Gasteiger partial charge is 0.222 e. The normalized spacial score (nSPS) is 12.6. The van der Waals surface area contributed by atoms with E-state index >= 15 is 0 Å². The molecule has 0 rings (SSSR count). The molecule has 0 aromatic carbocycles. The summed E-state index contributed by atoms with van der Waals surface area (Å²) in [6.45, 7) is 3.58. The zero-order valence-corrected chi connectivity index (χ0v) is 9.55. The number of nitrogens with one attached hydrogen (secondary N) is 1. The first-order valence-corrected chi connectivity index (χ1v) is 5.22. The molecule has 0 saturated carbocycles. The van der Waals surface area contributed by atoms with Gasteiger partial charge in [0.05, 0.1) is 0 Å². The molecule has 0 aliphatic heterocycles. The number of rotatable bonds is 7. The maximum absolute atomic E-state index is 11.5. The summed E-state index contributed by atoms with van der Waals surface area (Å²) in [6.07, 6.45) is 2.42. The molecule has 0 aromatic heterocycles. The SMILES string of the molecule is CNCCN(C)C(=O)CCCC(C)N. The van der Waals surface area contributed by atoms with E-state index < -0.39 is 0 Å². The average molecular weight is 201 g/mol. The number of hydrogen-bond donors (Lipinski definition) is 2. The van der Waals surface area contributed by atoms with Crippen molar-refractivity contribution in [3.8, 4) is 0 Å². The third-order valence-electron chi connectivity index (χ3n) is 2.17. The molecular formula is C10H23N3O. The van der Waals surface area contributed by atoms with Crippen molar-refractivity contribution < 1.29 is 4.79 Å². The van der Waals surface area contributed by atoms with Gasteiger partial charge in [0.15, 0.2) is 0 Å². The van der Waals surface area contributed by atoms with Crippen molar-refractivity contribution in [1.82, 2.24) is 10.2 Å². The Morgan fingerprint density at radius 2 is 2.21 bits per heavy atom. The quantitative estimate of drug-likeness (QED) is 0.618. The maximum atomic E-state index is 11.5. The summed E-state index contributed by atoms with van der Waals surface area (Å²) in [7, 11) is 3.72. The molecule has 4 nitrogen and oxygen atoms in total. The van der Waals surface area contributed by atoms with E-state index in [2.05, 4.69) is 5.32 Å². The third kappa shape index (κ3) is 6.86. The van der Waals surface area contributed by atoms with Crippen LogP contribution in [-0.4, -0.2) is 44.0 Å². The van der Waals surface area contributed by atoms with Gasteiger partial charge in [0, 0.05) is 32.6 Å². The molecule has 4 heteroatoms. The zero-order chi connectivity index (χ0) is 11.0. The van der Waals surface area contributed by atoms with Crippen LogP contribution in [0, 0.1) is 0 Å². The van der Waals surface area contributed by atoms with Gasteiger partial charge in [-0.3, -0.25) is 4.79 Å². The zero-order valence-electron chi connectivity index (χ0n) is 9.55. The molecule has 0 spiro atoms. The Kier molecular flexibility index (Phi) is 7.42. The van der Waals surface area contributed by atoms with Crippen LogP contribution in [0.5, 0.6) is 0 Å². The predicted molar refractivity (Wildman–Crippen MR) is 59.1 cm³/mol. The average Bonchev–Trinajstić information content (AvgIpc) is 2.13. The Bertz CT molecular complexity index is 159. The van der Waals surface area contributed by atoms with E-state index in [-0.39, 0.29) is 11.9 Å². The van der Waals surface area contributed by atoms with Crippen LogP contribution in [0.3, 0.4) is 0 Å². The first-order chi connectivity index (χ1) is 6.57. The highest BCUT2D eigenvalue weighted by Gasteiger charge is 2.07. The lowest BCUT2D eigenvalue weighted by Gasteiger charge is -2.16. The van der Waals surface area contributed by atoms with Gasteiger partial charge in [-0.05, 0) is 26.8 Å². The van der Waals surface area contributed by atoms with Crippen molar-refractivity contribution in [3.63, 3.8) is 0 Å². The fraction of sp³-hybridized carbons (Fsp3) is 0.900. The van der Waals surface area contributed by atoms with E-state index in [9.17, 15) is 4.79 Å². The van der Waals surface area contributed by atoms with Crippen LogP contribution in [0.1, 0.15) is 26.2 Å². The lowest BCUT2D eigenvalue weighted by atomic mass is 10.1. The third-order valence-corrected chi connectivity index (χ3v) is 2.17. The topological polar surface area (TPSA) is 58.4 Å². The number of nitrogens with zero attached hydrogens (tertiary/aromatic N) is 1. The highest BCUT2D eigenvalue weighted by Crippen LogP contribution is 2.01. The van der Waals surface area contributed by atoms with Crippen LogP contribution in [0.4, 0.5) is 0 Å². The van der Waals surface area contributed by atoms with Gasteiger partial charge in [-0.25, -0.2) is 0 Å². The van der Waals surface area contributed by atoms with Gasteiger partial charge >= 0.3 is 0 Å². The number of hydrogen-bond acceptors (Lipinski definition) is 3. The van der Waals surface area contributed by atoms with E-state index in [0.29, 0.717) is 6.42 Å². The molecule has 0 fully saturated rings. The molecule has 1 amide bonds. The molecule has 0 heterocycles. The minimum absolute atomic E-state index is 0.199. The standard InChI is InChI=1S/C10H23N3O/c1-9(11)5-4-6-10(14)13(3)8-7-12-2/h9,12H,4-8,11H2,1-3H3. The van der Waals surface area contributed by atoms with E-state index in [1.165, 1.54) is 0 Å². The molecular weight excluding hydrogens is 178 g/mol. The van der Waals surface area contributed by atoms with Gasteiger partial charge in [-0.1, -0.05) is 0 Å². The van der Waals surface area contributed by atoms with Gasteiger partial charge in [0.25, 0.3) is 0 Å². The Hall–Kier alpha value is -0.610. The van der Waals surface area contributed by atoms with Crippen molar-refractivity contribution in [1.29, 1.82) is 0 Å². The van der Waals surface area contributed by atoms with Crippen LogP contribution in [0.15, 0.2) is 0 Å². The van der Waals surface area contributed by atoms with Gasteiger partial charge in [0.1, 0.15) is 0 Å². The first-order valence-electron chi connectivity index (χ1n) is 5.22. The molecule has 0 aliphatic rings. The second-order valence-corrected chi connectivity index (χ2v) is 3.79. The molecule has 3 N–H and O–H groups in total. The molecule has 0 saturated heterocycles. The molecule has 0 bridgehead atoms. The highest BCUT2D eigenvalue weighted by molar-refractivity contribution is 5.75. The summed E-state index contributed by atoms with van der Waals surface area (Å²) in [6, 6.07) is 0.199. The highest BCUT2D eigenvalue weighted by atomic mass is 16.2. The van der Waals surface area contributed by atoms with E-state index in [0.717, 1.165) is 25.9 Å². The van der Waals surface area contributed by atoms with Crippen LogP contribution < -0.4 is 11.1 Å². The number of nitrogens with two attached hydrogens (primary N) is 1. The summed E-state index contributed by atoms with van der Waals surface area (Å²) >= 11 is 0. The minimum atomic E-state index is 0.199. The summed E-state index contributed by atoms with van der Waals surface area (Å²) in [4.78, 5) is 13.2. The fourth-order valence-electron chi connectivity index (χ4n) is 1.17. The van der Waals surface area contributed by atoms with Crippen molar-refractivity contribution in [2.75, 3.05) is 27.2 Å². The Labute approximate surface area is 86.8 Å². The summed E-state index contributed by atoms with van der Waals surface area (Å²) in [5, 5.41) is 3.01. The van der Waals surface area contributed by atoms with Crippen molar-refractivity contribution in [3.05, 3.63) is 0 Å². The molecule has 0 radical (unpaired) electrons. The Morgan fingerprint density at radius 1 is 1.57 bits per heavy atom. The van der Waals surface area contributed by atoms with Gasteiger partial charge in [0.2, 0.25) is 5.91 Å². The Morgan fingerprint density at radius 3 is 2.71 bits per heavy atom. The van der Waals surface area contributed by atoms with Gasteiger partial charge < -0.3 is 16.0 Å². The number of carbonyl (C=O) groups excluding carboxylic acids is 1. The monoisotopic (exact) mass is 201 g/mol. The molecule has 1 unspecified atom stereocenters. The maximum Gasteiger partial charge on any atom is 0.222 e. The molecule has 0 aromatic rings. The molecule has 14 heavy (non-hydrogen) atoms. The van der Waals surface area contributed by atoms with Crippen molar-refractivity contribution in [2.24, 2.45) is 5.73 Å². The summed E-state index contributed by atoms with van der Waals surface area (Å²) in [5.74, 6) is 0.209. The van der Waals surface area contributed by atoms with Crippen LogP contribution in [-0.2, 0) is 4.79 Å². The summed E-state index contributed by atoms with van der Waals surface area (Å²) < 4.78 is 0.